The smallest absolute Gasteiger partial charge is 0.347 e. The predicted molar refractivity (Wildman–Crippen MR) is 60.3 cm³/mol. The van der Waals surface area contributed by atoms with Gasteiger partial charge in [0.05, 0.1) is 5.69 Å². The molecule has 2 aromatic heterocycles. The van der Waals surface area contributed by atoms with E-state index in [4.69, 9.17) is 5.11 Å². The van der Waals surface area contributed by atoms with Crippen LogP contribution in [0.2, 0.25) is 0 Å². The minimum absolute atomic E-state index is 0.249. The maximum absolute atomic E-state index is 10.8. The van der Waals surface area contributed by atoms with Crippen molar-refractivity contribution >= 4 is 28.3 Å². The second kappa shape index (κ2) is 3.93. The number of hydrogen-bond donors (Lipinski definition) is 2. The normalized spacial score (nSPS) is 10.4. The van der Waals surface area contributed by atoms with Gasteiger partial charge in [0.15, 0.2) is 10.9 Å². The number of aromatic carboxylic acids is 1. The van der Waals surface area contributed by atoms with Crippen molar-refractivity contribution in [2.24, 2.45) is 7.05 Å². The zero-order valence-corrected chi connectivity index (χ0v) is 9.58. The summed E-state index contributed by atoms with van der Waals surface area (Å²) >= 11 is 1.10. The molecule has 0 spiro atoms. The first-order chi connectivity index (χ1) is 7.56. The number of nitrogens with one attached hydrogen (secondary N) is 1. The van der Waals surface area contributed by atoms with E-state index in [1.807, 2.05) is 0 Å². The molecule has 16 heavy (non-hydrogen) atoms. The monoisotopic (exact) mass is 238 g/mol. The third-order valence-electron chi connectivity index (χ3n) is 1.94. The number of nitrogens with zero attached hydrogens (tertiary/aromatic N) is 3. The summed E-state index contributed by atoms with van der Waals surface area (Å²) in [7, 11) is 1.81. The highest BCUT2D eigenvalue weighted by Gasteiger charge is 2.14. The molecule has 0 unspecified atom stereocenters. The molecule has 2 rings (SSSR count). The largest absolute Gasteiger partial charge is 0.477 e. The number of thiazole rings is 1. The van der Waals surface area contributed by atoms with Crippen LogP contribution in [0.5, 0.6) is 0 Å². The van der Waals surface area contributed by atoms with Crippen molar-refractivity contribution < 1.29 is 9.90 Å². The van der Waals surface area contributed by atoms with E-state index in [2.05, 4.69) is 15.4 Å². The van der Waals surface area contributed by atoms with Crippen molar-refractivity contribution in [1.29, 1.82) is 0 Å². The van der Waals surface area contributed by atoms with Gasteiger partial charge in [-0.15, -0.1) is 0 Å². The summed E-state index contributed by atoms with van der Waals surface area (Å²) in [5, 5.41) is 16.5. The average Bonchev–Trinajstić information content (AvgIpc) is 2.73. The van der Waals surface area contributed by atoms with Crippen LogP contribution < -0.4 is 5.32 Å². The van der Waals surface area contributed by atoms with Crippen molar-refractivity contribution in [2.75, 3.05) is 5.32 Å². The summed E-state index contributed by atoms with van der Waals surface area (Å²) in [6, 6.07) is 1.79. The molecule has 2 heterocycles. The van der Waals surface area contributed by atoms with E-state index in [9.17, 15) is 4.79 Å². The highest BCUT2D eigenvalue weighted by atomic mass is 32.1. The van der Waals surface area contributed by atoms with Gasteiger partial charge in [-0.2, -0.15) is 5.10 Å². The van der Waals surface area contributed by atoms with Crippen LogP contribution in [-0.4, -0.2) is 25.8 Å². The van der Waals surface area contributed by atoms with Gasteiger partial charge in [0.2, 0.25) is 0 Å². The molecule has 7 heteroatoms. The Morgan fingerprint density at radius 3 is 2.88 bits per heavy atom. The van der Waals surface area contributed by atoms with E-state index >= 15 is 0 Å². The van der Waals surface area contributed by atoms with Crippen LogP contribution in [0, 0.1) is 6.92 Å². The molecule has 0 aliphatic heterocycles. The molecule has 6 nitrogen and oxygen atoms in total. The second-order valence-corrected chi connectivity index (χ2v) is 4.24. The SMILES string of the molecule is Cc1nc(Nc2ccn(C)n2)sc1C(=O)O. The lowest BCUT2D eigenvalue weighted by molar-refractivity contribution is 0.0701. The summed E-state index contributed by atoms with van der Waals surface area (Å²) in [5.41, 5.74) is 0.510. The molecule has 0 bridgehead atoms. The number of aryl methyl sites for hydroxylation is 2. The van der Waals surface area contributed by atoms with Gasteiger partial charge in [-0.1, -0.05) is 11.3 Å². The Kier molecular flexibility index (Phi) is 2.61. The Hall–Kier alpha value is -1.89. The quantitative estimate of drug-likeness (QED) is 0.849. The molecule has 2 aromatic rings. The Bertz CT molecular complexity index is 531. The molecule has 0 radical (unpaired) electrons. The lowest BCUT2D eigenvalue weighted by Crippen LogP contribution is -1.94. The number of rotatable bonds is 3. The lowest BCUT2D eigenvalue weighted by Gasteiger charge is -1.95. The average molecular weight is 238 g/mol. The molecule has 0 saturated heterocycles. The van der Waals surface area contributed by atoms with Crippen molar-refractivity contribution in [1.82, 2.24) is 14.8 Å². The van der Waals surface area contributed by atoms with Crippen molar-refractivity contribution in [2.45, 2.75) is 6.92 Å². The van der Waals surface area contributed by atoms with Crippen LogP contribution in [-0.2, 0) is 7.05 Å². The third-order valence-corrected chi connectivity index (χ3v) is 3.00. The van der Waals surface area contributed by atoms with Crippen LogP contribution in [0.15, 0.2) is 12.3 Å². The summed E-state index contributed by atoms with van der Waals surface area (Å²) in [6.45, 7) is 1.67. The highest BCUT2D eigenvalue weighted by Crippen LogP contribution is 2.24. The van der Waals surface area contributed by atoms with Gasteiger partial charge in [-0.25, -0.2) is 9.78 Å². The second-order valence-electron chi connectivity index (χ2n) is 3.24. The Labute approximate surface area is 95.6 Å². The van der Waals surface area contributed by atoms with Crippen molar-refractivity contribution in [3.05, 3.63) is 22.8 Å². The molecule has 0 atom stereocenters. The van der Waals surface area contributed by atoms with E-state index in [0.717, 1.165) is 11.3 Å². The molecular weight excluding hydrogens is 228 g/mol. The van der Waals surface area contributed by atoms with Crippen molar-refractivity contribution in [3.8, 4) is 0 Å². The molecule has 0 fully saturated rings. The fourth-order valence-corrected chi connectivity index (χ4v) is 2.05. The van der Waals surface area contributed by atoms with Crippen molar-refractivity contribution in [3.63, 3.8) is 0 Å². The topological polar surface area (TPSA) is 80.0 Å². The van der Waals surface area contributed by atoms with Gasteiger partial charge >= 0.3 is 5.97 Å². The first-order valence-electron chi connectivity index (χ1n) is 4.53. The zero-order valence-electron chi connectivity index (χ0n) is 8.76. The molecule has 2 N–H and O–H groups in total. The van der Waals surface area contributed by atoms with Gasteiger partial charge < -0.3 is 10.4 Å². The van der Waals surface area contributed by atoms with Crippen LogP contribution >= 0.6 is 11.3 Å². The number of carboxylic acid groups (broad SMARTS) is 1. The first kappa shape index (κ1) is 10.6. The van der Waals surface area contributed by atoms with Gasteiger partial charge in [0.25, 0.3) is 0 Å². The summed E-state index contributed by atoms with van der Waals surface area (Å²) in [6.07, 6.45) is 1.79. The standard InChI is InChI=1S/C9H10N4O2S/c1-5-7(8(14)15)16-9(10-5)11-6-3-4-13(2)12-6/h3-4H,1-2H3,(H,14,15)(H,10,11,12). The number of carbonyl (C=O) groups is 1. The fourth-order valence-electron chi connectivity index (χ4n) is 1.24. The zero-order chi connectivity index (χ0) is 11.7. The molecule has 84 valence electrons. The van der Waals surface area contributed by atoms with Gasteiger partial charge in [-0.3, -0.25) is 4.68 Å². The molecule has 0 aliphatic rings. The summed E-state index contributed by atoms with van der Waals surface area (Å²) in [4.78, 5) is 15.2. The summed E-state index contributed by atoms with van der Waals surface area (Å²) < 4.78 is 1.65. The van der Waals surface area contributed by atoms with E-state index in [0.29, 0.717) is 16.6 Å². The lowest BCUT2D eigenvalue weighted by atomic mass is 10.4. The Morgan fingerprint density at radius 1 is 1.62 bits per heavy atom. The number of aromatic nitrogens is 3. The minimum Gasteiger partial charge on any atom is -0.477 e. The molecule has 0 aromatic carbocycles. The number of hydrogen-bond acceptors (Lipinski definition) is 5. The molecule has 0 saturated carbocycles. The fraction of sp³-hybridized carbons (Fsp3) is 0.222. The molecule has 0 aliphatic carbocycles. The molecule has 0 amide bonds. The van der Waals surface area contributed by atoms with E-state index in [1.54, 1.807) is 30.9 Å². The van der Waals surface area contributed by atoms with E-state index in [1.165, 1.54) is 0 Å². The maximum atomic E-state index is 10.8. The van der Waals surface area contributed by atoms with Gasteiger partial charge in [0, 0.05) is 19.3 Å². The van der Waals surface area contributed by atoms with Crippen LogP contribution in [0.4, 0.5) is 10.9 Å². The van der Waals surface area contributed by atoms with Crippen LogP contribution in [0.3, 0.4) is 0 Å². The summed E-state index contributed by atoms with van der Waals surface area (Å²) in [5.74, 6) is -0.308. The Morgan fingerprint density at radius 2 is 2.38 bits per heavy atom. The predicted octanol–water partition coefficient (Wildman–Crippen LogP) is 1.63. The van der Waals surface area contributed by atoms with E-state index in [-0.39, 0.29) is 4.88 Å². The third kappa shape index (κ3) is 2.03. The highest BCUT2D eigenvalue weighted by molar-refractivity contribution is 7.17. The first-order valence-corrected chi connectivity index (χ1v) is 5.35. The molecular formula is C9H10N4O2S. The van der Waals surface area contributed by atoms with E-state index < -0.39 is 5.97 Å². The number of anilines is 2. The maximum Gasteiger partial charge on any atom is 0.347 e. The van der Waals surface area contributed by atoms with Crippen LogP contribution in [0.1, 0.15) is 15.4 Å². The number of carboxylic acids is 1. The van der Waals surface area contributed by atoms with Gasteiger partial charge in [-0.05, 0) is 6.92 Å². The Balaban J connectivity index is 2.22. The van der Waals surface area contributed by atoms with Gasteiger partial charge in [0.1, 0.15) is 4.88 Å². The van der Waals surface area contributed by atoms with Crippen LogP contribution in [0.25, 0.3) is 0 Å². The minimum atomic E-state index is -0.955.